The van der Waals surface area contributed by atoms with Crippen molar-refractivity contribution in [2.24, 2.45) is 0 Å². The lowest BCUT2D eigenvalue weighted by atomic mass is 10.1. The topological polar surface area (TPSA) is 32.3 Å². The van der Waals surface area contributed by atoms with Crippen LogP contribution in [-0.2, 0) is 6.54 Å². The summed E-state index contributed by atoms with van der Waals surface area (Å²) >= 11 is 3.42. The molecule has 0 saturated heterocycles. The molecule has 0 aliphatic heterocycles. The number of rotatable bonds is 2. The van der Waals surface area contributed by atoms with Gasteiger partial charge in [0.05, 0.1) is 0 Å². The quantitative estimate of drug-likeness (QED) is 0.880. The maximum absolute atomic E-state index is 11.3. The standard InChI is InChI=1S/C11H15BrN2O/c1-8-4-5-10(12)6-9(8)7-14(3)11(15)13-2/h4-6H,7H2,1-3H3,(H,13,15). The van der Waals surface area contributed by atoms with Crippen molar-refractivity contribution in [2.45, 2.75) is 13.5 Å². The Bertz CT molecular complexity index is 366. The van der Waals surface area contributed by atoms with E-state index in [1.165, 1.54) is 5.56 Å². The summed E-state index contributed by atoms with van der Waals surface area (Å²) in [5, 5.41) is 2.59. The number of halogens is 1. The first-order valence-electron chi connectivity index (χ1n) is 4.72. The van der Waals surface area contributed by atoms with Gasteiger partial charge in [0.2, 0.25) is 0 Å². The van der Waals surface area contributed by atoms with E-state index in [9.17, 15) is 4.79 Å². The van der Waals surface area contributed by atoms with E-state index in [2.05, 4.69) is 21.2 Å². The smallest absolute Gasteiger partial charge is 0.317 e. The van der Waals surface area contributed by atoms with Gasteiger partial charge in [-0.15, -0.1) is 0 Å². The highest BCUT2D eigenvalue weighted by atomic mass is 79.9. The third-order valence-electron chi connectivity index (χ3n) is 2.28. The Labute approximate surface area is 98.6 Å². The molecule has 1 rings (SSSR count). The van der Waals surface area contributed by atoms with Crippen LogP contribution in [0.3, 0.4) is 0 Å². The number of nitrogens with zero attached hydrogens (tertiary/aromatic N) is 1. The number of carbonyl (C=O) groups excluding carboxylic acids is 1. The van der Waals surface area contributed by atoms with Gasteiger partial charge >= 0.3 is 6.03 Å². The minimum Gasteiger partial charge on any atom is -0.341 e. The minimum absolute atomic E-state index is 0.0747. The average Bonchev–Trinajstić information content (AvgIpc) is 2.22. The fourth-order valence-corrected chi connectivity index (χ4v) is 1.74. The Kier molecular flexibility index (Phi) is 4.15. The van der Waals surface area contributed by atoms with E-state index in [-0.39, 0.29) is 6.03 Å². The molecule has 0 spiro atoms. The number of amides is 2. The van der Waals surface area contributed by atoms with E-state index in [4.69, 9.17) is 0 Å². The van der Waals surface area contributed by atoms with Gasteiger partial charge in [0.1, 0.15) is 0 Å². The van der Waals surface area contributed by atoms with Gasteiger partial charge < -0.3 is 10.2 Å². The molecule has 0 atom stereocenters. The van der Waals surface area contributed by atoms with Crippen molar-refractivity contribution in [1.82, 2.24) is 10.2 Å². The van der Waals surface area contributed by atoms with Crippen molar-refractivity contribution in [3.63, 3.8) is 0 Å². The second kappa shape index (κ2) is 5.16. The maximum atomic E-state index is 11.3. The Morgan fingerprint density at radius 3 is 2.80 bits per heavy atom. The summed E-state index contributed by atoms with van der Waals surface area (Å²) in [7, 11) is 3.41. The molecule has 1 aromatic rings. The first-order chi connectivity index (χ1) is 7.04. The van der Waals surface area contributed by atoms with Crippen LogP contribution >= 0.6 is 15.9 Å². The van der Waals surface area contributed by atoms with E-state index in [0.717, 1.165) is 10.0 Å². The van der Waals surface area contributed by atoms with E-state index < -0.39 is 0 Å². The molecule has 0 aliphatic carbocycles. The van der Waals surface area contributed by atoms with E-state index >= 15 is 0 Å². The molecule has 0 saturated carbocycles. The molecule has 2 amide bonds. The van der Waals surface area contributed by atoms with Gasteiger partial charge in [0, 0.05) is 25.1 Å². The van der Waals surface area contributed by atoms with Crippen molar-refractivity contribution < 1.29 is 4.79 Å². The highest BCUT2D eigenvalue weighted by molar-refractivity contribution is 9.10. The zero-order valence-electron chi connectivity index (χ0n) is 9.17. The van der Waals surface area contributed by atoms with Crippen LogP contribution in [0.25, 0.3) is 0 Å². The maximum Gasteiger partial charge on any atom is 0.317 e. The van der Waals surface area contributed by atoms with Crippen LogP contribution in [0.15, 0.2) is 22.7 Å². The van der Waals surface area contributed by atoms with Crippen LogP contribution < -0.4 is 5.32 Å². The number of urea groups is 1. The summed E-state index contributed by atoms with van der Waals surface area (Å²) in [6.07, 6.45) is 0. The Morgan fingerprint density at radius 1 is 1.53 bits per heavy atom. The number of hydrogen-bond donors (Lipinski definition) is 1. The third-order valence-corrected chi connectivity index (χ3v) is 2.77. The van der Waals surface area contributed by atoms with Crippen LogP contribution in [-0.4, -0.2) is 25.0 Å². The number of nitrogens with one attached hydrogen (secondary N) is 1. The second-order valence-electron chi connectivity index (χ2n) is 3.48. The summed E-state index contributed by atoms with van der Waals surface area (Å²) in [6.45, 7) is 2.66. The van der Waals surface area contributed by atoms with Gasteiger partial charge in [-0.05, 0) is 30.2 Å². The first-order valence-corrected chi connectivity index (χ1v) is 5.51. The van der Waals surface area contributed by atoms with Gasteiger partial charge in [0.15, 0.2) is 0 Å². The van der Waals surface area contributed by atoms with Gasteiger partial charge in [-0.2, -0.15) is 0 Å². The summed E-state index contributed by atoms with van der Waals surface area (Å²) in [5.41, 5.74) is 2.34. The van der Waals surface area contributed by atoms with Crippen LogP contribution in [0.2, 0.25) is 0 Å². The predicted molar refractivity (Wildman–Crippen MR) is 64.8 cm³/mol. The molecule has 4 heteroatoms. The van der Waals surface area contributed by atoms with Crippen molar-refractivity contribution in [3.05, 3.63) is 33.8 Å². The monoisotopic (exact) mass is 270 g/mol. The summed E-state index contributed by atoms with van der Waals surface area (Å²) in [6, 6.07) is 6.00. The van der Waals surface area contributed by atoms with Crippen molar-refractivity contribution in [2.75, 3.05) is 14.1 Å². The van der Waals surface area contributed by atoms with Crippen LogP contribution in [0.4, 0.5) is 4.79 Å². The molecule has 1 N–H and O–H groups in total. The minimum atomic E-state index is -0.0747. The number of aryl methyl sites for hydroxylation is 1. The summed E-state index contributed by atoms with van der Waals surface area (Å²) in [4.78, 5) is 13.0. The van der Waals surface area contributed by atoms with Gasteiger partial charge in [-0.3, -0.25) is 0 Å². The Balaban J connectivity index is 2.80. The van der Waals surface area contributed by atoms with E-state index in [1.807, 2.05) is 25.1 Å². The van der Waals surface area contributed by atoms with E-state index in [1.54, 1.807) is 19.0 Å². The van der Waals surface area contributed by atoms with Gasteiger partial charge in [-0.25, -0.2) is 4.79 Å². The van der Waals surface area contributed by atoms with Gasteiger partial charge in [0.25, 0.3) is 0 Å². The molecule has 82 valence electrons. The molecule has 0 fully saturated rings. The molecule has 1 aromatic carbocycles. The molecule has 0 unspecified atom stereocenters. The number of benzene rings is 1. The highest BCUT2D eigenvalue weighted by Gasteiger charge is 2.08. The van der Waals surface area contributed by atoms with Crippen molar-refractivity contribution in [1.29, 1.82) is 0 Å². The third kappa shape index (κ3) is 3.23. The zero-order chi connectivity index (χ0) is 11.4. The van der Waals surface area contributed by atoms with Crippen molar-refractivity contribution >= 4 is 22.0 Å². The predicted octanol–water partition coefficient (Wildman–Crippen LogP) is 2.53. The van der Waals surface area contributed by atoms with E-state index in [0.29, 0.717) is 6.54 Å². The second-order valence-corrected chi connectivity index (χ2v) is 4.40. The van der Waals surface area contributed by atoms with Crippen molar-refractivity contribution in [3.8, 4) is 0 Å². The lowest BCUT2D eigenvalue weighted by Crippen LogP contribution is -2.34. The summed E-state index contributed by atoms with van der Waals surface area (Å²) < 4.78 is 1.04. The molecule has 15 heavy (non-hydrogen) atoms. The molecule has 0 radical (unpaired) electrons. The molecular formula is C11H15BrN2O. The lowest BCUT2D eigenvalue weighted by Gasteiger charge is -2.17. The normalized spacial score (nSPS) is 9.87. The molecule has 0 heterocycles. The zero-order valence-corrected chi connectivity index (χ0v) is 10.8. The molecular weight excluding hydrogens is 256 g/mol. The van der Waals surface area contributed by atoms with Gasteiger partial charge in [-0.1, -0.05) is 22.0 Å². The highest BCUT2D eigenvalue weighted by Crippen LogP contribution is 2.17. The first kappa shape index (κ1) is 12.0. The van der Waals surface area contributed by atoms with Crippen LogP contribution in [0, 0.1) is 6.92 Å². The largest absolute Gasteiger partial charge is 0.341 e. The Morgan fingerprint density at radius 2 is 2.20 bits per heavy atom. The molecule has 0 bridgehead atoms. The molecule has 0 aromatic heterocycles. The molecule has 0 aliphatic rings. The number of carbonyl (C=O) groups is 1. The average molecular weight is 271 g/mol. The SMILES string of the molecule is CNC(=O)N(C)Cc1cc(Br)ccc1C. The fraction of sp³-hybridized carbons (Fsp3) is 0.364. The fourth-order valence-electron chi connectivity index (χ4n) is 1.33. The summed E-state index contributed by atoms with van der Waals surface area (Å²) in [5.74, 6) is 0. The van der Waals surface area contributed by atoms with Crippen LogP contribution in [0.1, 0.15) is 11.1 Å². The number of hydrogen-bond acceptors (Lipinski definition) is 1. The molecule has 3 nitrogen and oxygen atoms in total. The lowest BCUT2D eigenvalue weighted by molar-refractivity contribution is 0.209. The Hall–Kier alpha value is -1.03. The van der Waals surface area contributed by atoms with Crippen LogP contribution in [0.5, 0.6) is 0 Å².